The third-order valence-corrected chi connectivity index (χ3v) is 2.23. The van der Waals surface area contributed by atoms with Gasteiger partial charge in [-0.3, -0.25) is 0 Å². The first kappa shape index (κ1) is 7.70. The fourth-order valence-corrected chi connectivity index (χ4v) is 1.56. The van der Waals surface area contributed by atoms with Crippen molar-refractivity contribution in [2.75, 3.05) is 0 Å². The summed E-state index contributed by atoms with van der Waals surface area (Å²) in [6, 6.07) is 0. The van der Waals surface area contributed by atoms with E-state index < -0.39 is 6.17 Å². The minimum atomic E-state index is -1.19. The van der Waals surface area contributed by atoms with Crippen LogP contribution in [0.2, 0.25) is 0 Å². The number of hydrogen-bond donors (Lipinski definition) is 0. The Morgan fingerprint density at radius 3 is 2.40 bits per heavy atom. The van der Waals surface area contributed by atoms with Crippen molar-refractivity contribution in [3.8, 4) is 0 Å². The first-order valence-corrected chi connectivity index (χ1v) is 3.94. The largest absolute Gasteiger partial charge is 0.300 e. The number of carbonyl (C=O) groups is 1. The molecule has 0 aromatic heterocycles. The molecule has 58 valence electrons. The van der Waals surface area contributed by atoms with Gasteiger partial charge in [0.15, 0.2) is 12.5 Å². The summed E-state index contributed by atoms with van der Waals surface area (Å²) < 4.78 is 12.6. The highest BCUT2D eigenvalue weighted by molar-refractivity contribution is 5.56. The molecule has 10 heavy (non-hydrogen) atoms. The summed E-state index contributed by atoms with van der Waals surface area (Å²) in [5.41, 5.74) is 0. The number of aldehydes is 1. The van der Waals surface area contributed by atoms with Crippen LogP contribution in [-0.4, -0.2) is 12.5 Å². The lowest BCUT2D eigenvalue weighted by Crippen LogP contribution is -2.19. The van der Waals surface area contributed by atoms with Gasteiger partial charge in [0, 0.05) is 0 Å². The molecule has 1 rings (SSSR count). The summed E-state index contributed by atoms with van der Waals surface area (Å²) >= 11 is 0. The summed E-state index contributed by atoms with van der Waals surface area (Å²) in [5, 5.41) is 0. The van der Waals surface area contributed by atoms with Crippen molar-refractivity contribution in [3.05, 3.63) is 0 Å². The van der Waals surface area contributed by atoms with E-state index in [1.807, 2.05) is 0 Å². The minimum absolute atomic E-state index is 0.0336. The highest BCUT2D eigenvalue weighted by atomic mass is 19.1. The average molecular weight is 144 g/mol. The predicted octanol–water partition coefficient (Wildman–Crippen LogP) is 2.10. The molecule has 0 amide bonds. The Morgan fingerprint density at radius 1 is 1.30 bits per heavy atom. The van der Waals surface area contributed by atoms with Gasteiger partial charge in [-0.05, 0) is 18.8 Å². The van der Waals surface area contributed by atoms with E-state index >= 15 is 0 Å². The maximum Gasteiger partial charge on any atom is 0.158 e. The second-order valence-electron chi connectivity index (χ2n) is 2.98. The minimum Gasteiger partial charge on any atom is -0.300 e. The van der Waals surface area contributed by atoms with Crippen LogP contribution < -0.4 is 0 Å². The summed E-state index contributed by atoms with van der Waals surface area (Å²) in [5.74, 6) is 0.0336. The van der Waals surface area contributed by atoms with Crippen LogP contribution in [0.5, 0.6) is 0 Å². The standard InChI is InChI=1S/C8H13FO/c9-8(6-10)7-4-2-1-3-5-7/h6-8H,1-5H2. The van der Waals surface area contributed by atoms with Gasteiger partial charge in [0.05, 0.1) is 0 Å². The van der Waals surface area contributed by atoms with Crippen molar-refractivity contribution < 1.29 is 9.18 Å². The lowest BCUT2D eigenvalue weighted by Gasteiger charge is -2.21. The molecule has 0 aromatic rings. The summed E-state index contributed by atoms with van der Waals surface area (Å²) in [6.07, 6.45) is 4.45. The molecule has 0 aromatic carbocycles. The van der Waals surface area contributed by atoms with E-state index in [0.29, 0.717) is 6.29 Å². The third-order valence-electron chi connectivity index (χ3n) is 2.23. The van der Waals surface area contributed by atoms with Crippen LogP contribution in [0.4, 0.5) is 4.39 Å². The van der Waals surface area contributed by atoms with E-state index in [1.54, 1.807) is 0 Å². The Labute approximate surface area is 60.6 Å². The lowest BCUT2D eigenvalue weighted by atomic mass is 9.86. The van der Waals surface area contributed by atoms with E-state index in [9.17, 15) is 9.18 Å². The van der Waals surface area contributed by atoms with Gasteiger partial charge in [0.2, 0.25) is 0 Å². The summed E-state index contributed by atoms with van der Waals surface area (Å²) in [6.45, 7) is 0. The topological polar surface area (TPSA) is 17.1 Å². The van der Waals surface area contributed by atoms with E-state index in [2.05, 4.69) is 0 Å². The fraction of sp³-hybridized carbons (Fsp3) is 0.875. The molecular weight excluding hydrogens is 131 g/mol. The Kier molecular flexibility index (Phi) is 2.84. The molecule has 1 nitrogen and oxygen atoms in total. The smallest absolute Gasteiger partial charge is 0.158 e. The van der Waals surface area contributed by atoms with Crippen LogP contribution in [-0.2, 0) is 4.79 Å². The van der Waals surface area contributed by atoms with Gasteiger partial charge in [0.1, 0.15) is 0 Å². The molecule has 1 saturated carbocycles. The molecule has 0 radical (unpaired) electrons. The zero-order valence-electron chi connectivity index (χ0n) is 6.05. The van der Waals surface area contributed by atoms with Gasteiger partial charge < -0.3 is 4.79 Å². The third kappa shape index (κ3) is 1.79. The van der Waals surface area contributed by atoms with Crippen LogP contribution in [0.25, 0.3) is 0 Å². The van der Waals surface area contributed by atoms with Gasteiger partial charge in [0.25, 0.3) is 0 Å². The van der Waals surface area contributed by atoms with Crippen LogP contribution in [0.1, 0.15) is 32.1 Å². The number of halogens is 1. The molecular formula is C8H13FO. The predicted molar refractivity (Wildman–Crippen MR) is 37.5 cm³/mol. The van der Waals surface area contributed by atoms with Gasteiger partial charge in [-0.15, -0.1) is 0 Å². The van der Waals surface area contributed by atoms with Crippen molar-refractivity contribution in [2.45, 2.75) is 38.3 Å². The second kappa shape index (κ2) is 3.69. The van der Waals surface area contributed by atoms with E-state index in [1.165, 1.54) is 6.42 Å². The van der Waals surface area contributed by atoms with Gasteiger partial charge >= 0.3 is 0 Å². The zero-order valence-corrected chi connectivity index (χ0v) is 6.05. The highest BCUT2D eigenvalue weighted by Crippen LogP contribution is 2.26. The van der Waals surface area contributed by atoms with Crippen molar-refractivity contribution in [1.29, 1.82) is 0 Å². The first-order chi connectivity index (χ1) is 4.84. The first-order valence-electron chi connectivity index (χ1n) is 3.94. The highest BCUT2D eigenvalue weighted by Gasteiger charge is 2.21. The molecule has 1 unspecified atom stereocenters. The van der Waals surface area contributed by atoms with Crippen molar-refractivity contribution >= 4 is 6.29 Å². The molecule has 1 fully saturated rings. The molecule has 0 saturated heterocycles. The Hall–Kier alpha value is -0.400. The molecule has 0 spiro atoms. The molecule has 0 aliphatic heterocycles. The normalized spacial score (nSPS) is 24.1. The molecule has 0 bridgehead atoms. The molecule has 1 aliphatic carbocycles. The van der Waals surface area contributed by atoms with Gasteiger partial charge in [-0.1, -0.05) is 19.3 Å². The zero-order chi connectivity index (χ0) is 7.40. The number of carbonyl (C=O) groups excluding carboxylic acids is 1. The van der Waals surface area contributed by atoms with Crippen LogP contribution >= 0.6 is 0 Å². The van der Waals surface area contributed by atoms with Gasteiger partial charge in [-0.2, -0.15) is 0 Å². The molecule has 0 heterocycles. The van der Waals surface area contributed by atoms with E-state index in [0.717, 1.165) is 25.7 Å². The molecule has 2 heteroatoms. The Bertz CT molecular complexity index is 108. The maximum atomic E-state index is 12.6. The van der Waals surface area contributed by atoms with Crippen LogP contribution in [0.3, 0.4) is 0 Å². The quantitative estimate of drug-likeness (QED) is 0.542. The summed E-state index contributed by atoms with van der Waals surface area (Å²) in [7, 11) is 0. The molecule has 0 N–H and O–H groups in total. The van der Waals surface area contributed by atoms with Crippen LogP contribution in [0.15, 0.2) is 0 Å². The average Bonchev–Trinajstić information content (AvgIpc) is 2.05. The SMILES string of the molecule is O=CC(F)C1CCCCC1. The molecule has 1 aliphatic rings. The maximum absolute atomic E-state index is 12.6. The van der Waals surface area contributed by atoms with Crippen molar-refractivity contribution in [1.82, 2.24) is 0 Å². The van der Waals surface area contributed by atoms with Crippen molar-refractivity contribution in [2.24, 2.45) is 5.92 Å². The number of hydrogen-bond acceptors (Lipinski definition) is 1. The Morgan fingerprint density at radius 2 is 1.90 bits per heavy atom. The summed E-state index contributed by atoms with van der Waals surface area (Å²) in [4.78, 5) is 10.0. The van der Waals surface area contributed by atoms with Crippen LogP contribution in [0, 0.1) is 5.92 Å². The van der Waals surface area contributed by atoms with Crippen molar-refractivity contribution in [3.63, 3.8) is 0 Å². The lowest BCUT2D eigenvalue weighted by molar-refractivity contribution is -0.114. The molecule has 1 atom stereocenters. The van der Waals surface area contributed by atoms with E-state index in [-0.39, 0.29) is 5.92 Å². The van der Waals surface area contributed by atoms with E-state index in [4.69, 9.17) is 0 Å². The number of rotatable bonds is 2. The second-order valence-corrected chi connectivity index (χ2v) is 2.98. The fourth-order valence-electron chi connectivity index (χ4n) is 1.56. The monoisotopic (exact) mass is 144 g/mol. The Balaban J connectivity index is 2.30. The number of alkyl halides is 1. The van der Waals surface area contributed by atoms with Gasteiger partial charge in [-0.25, -0.2) is 4.39 Å².